The third-order valence-electron chi connectivity index (χ3n) is 2.73. The smallest absolute Gasteiger partial charge is 0.273 e. The number of carbonyl (C=O) groups excluding carboxylic acids is 1. The van der Waals surface area contributed by atoms with Crippen molar-refractivity contribution < 1.29 is 9.18 Å². The maximum atomic E-state index is 13.1. The third-order valence-corrected chi connectivity index (χ3v) is 2.73. The van der Waals surface area contributed by atoms with Crippen molar-refractivity contribution in [1.82, 2.24) is 9.97 Å². The fourth-order valence-corrected chi connectivity index (χ4v) is 1.85. The Morgan fingerprint density at radius 3 is 2.89 bits per heavy atom. The molecule has 2 aromatic heterocycles. The Balaban J connectivity index is 1.89. The number of pyridine rings is 1. The first-order chi connectivity index (χ1) is 9.22. The first-order valence-corrected chi connectivity index (χ1v) is 5.73. The number of rotatable bonds is 2. The second kappa shape index (κ2) is 4.53. The topological polar surface area (TPSA) is 57.8 Å². The second-order valence-electron chi connectivity index (χ2n) is 4.08. The van der Waals surface area contributed by atoms with Gasteiger partial charge in [-0.2, -0.15) is 0 Å². The highest BCUT2D eigenvalue weighted by molar-refractivity contribution is 6.05. The normalized spacial score (nSPS) is 10.6. The molecule has 0 unspecified atom stereocenters. The van der Waals surface area contributed by atoms with Crippen molar-refractivity contribution in [2.24, 2.45) is 0 Å². The Morgan fingerprint density at radius 1 is 1.21 bits per heavy atom. The van der Waals surface area contributed by atoms with Crippen LogP contribution in [0.2, 0.25) is 0 Å². The Bertz CT molecular complexity index is 737. The molecule has 0 spiro atoms. The van der Waals surface area contributed by atoms with E-state index >= 15 is 0 Å². The minimum atomic E-state index is -0.330. The van der Waals surface area contributed by atoms with Gasteiger partial charge in [-0.3, -0.25) is 4.79 Å². The van der Waals surface area contributed by atoms with Crippen LogP contribution in [0.1, 0.15) is 10.5 Å². The molecule has 0 atom stereocenters. The van der Waals surface area contributed by atoms with Crippen molar-refractivity contribution in [2.75, 3.05) is 5.32 Å². The number of hydrogen-bond acceptors (Lipinski definition) is 2. The Kier molecular flexibility index (Phi) is 2.72. The van der Waals surface area contributed by atoms with Gasteiger partial charge < -0.3 is 10.3 Å². The van der Waals surface area contributed by atoms with Gasteiger partial charge in [-0.05, 0) is 36.4 Å². The summed E-state index contributed by atoms with van der Waals surface area (Å²) < 4.78 is 13.1. The maximum absolute atomic E-state index is 13.1. The average Bonchev–Trinajstić information content (AvgIpc) is 2.83. The molecule has 3 rings (SSSR count). The highest BCUT2D eigenvalue weighted by Gasteiger charge is 2.10. The van der Waals surface area contributed by atoms with Gasteiger partial charge in [0.05, 0.1) is 0 Å². The summed E-state index contributed by atoms with van der Waals surface area (Å²) in [5.74, 6) is -0.171. The molecule has 0 aliphatic carbocycles. The van der Waals surface area contributed by atoms with Crippen molar-refractivity contribution in [2.45, 2.75) is 0 Å². The van der Waals surface area contributed by atoms with E-state index in [-0.39, 0.29) is 11.7 Å². The molecule has 1 amide bonds. The fourth-order valence-electron chi connectivity index (χ4n) is 1.85. The predicted molar refractivity (Wildman–Crippen MR) is 70.4 cm³/mol. The summed E-state index contributed by atoms with van der Waals surface area (Å²) in [4.78, 5) is 18.9. The number of aromatic amines is 1. The Labute approximate surface area is 108 Å². The summed E-state index contributed by atoms with van der Waals surface area (Å²) in [7, 11) is 0. The lowest BCUT2D eigenvalue weighted by Crippen LogP contribution is -2.12. The molecule has 1 aromatic carbocycles. The van der Waals surface area contributed by atoms with Gasteiger partial charge in [-0.25, -0.2) is 9.37 Å². The van der Waals surface area contributed by atoms with Gasteiger partial charge in [-0.15, -0.1) is 0 Å². The Hall–Kier alpha value is -2.69. The lowest BCUT2D eigenvalue weighted by atomic mass is 10.2. The number of amides is 1. The number of anilines is 1. The van der Waals surface area contributed by atoms with Crippen LogP contribution in [0, 0.1) is 5.82 Å². The molecule has 0 bridgehead atoms. The number of aromatic nitrogens is 2. The molecule has 0 saturated heterocycles. The highest BCUT2D eigenvalue weighted by atomic mass is 19.1. The van der Waals surface area contributed by atoms with Gasteiger partial charge in [0.1, 0.15) is 17.3 Å². The summed E-state index contributed by atoms with van der Waals surface area (Å²) in [5, 5.41) is 3.32. The number of nitrogens with zero attached hydrogens (tertiary/aromatic N) is 1. The number of nitrogens with one attached hydrogen (secondary N) is 2. The van der Waals surface area contributed by atoms with Gasteiger partial charge in [0.15, 0.2) is 0 Å². The van der Waals surface area contributed by atoms with Gasteiger partial charge in [0.2, 0.25) is 0 Å². The SMILES string of the molecule is O=C(Nc1ccccn1)c1cc2cc(F)ccc2[nH]1. The van der Waals surface area contributed by atoms with Gasteiger partial charge >= 0.3 is 0 Å². The number of H-pyrrole nitrogens is 1. The van der Waals surface area contributed by atoms with E-state index in [2.05, 4.69) is 15.3 Å². The largest absolute Gasteiger partial charge is 0.351 e. The predicted octanol–water partition coefficient (Wildman–Crippen LogP) is 2.95. The molecule has 19 heavy (non-hydrogen) atoms. The maximum Gasteiger partial charge on any atom is 0.273 e. The summed E-state index contributed by atoms with van der Waals surface area (Å²) >= 11 is 0. The van der Waals surface area contributed by atoms with Crippen molar-refractivity contribution in [3.8, 4) is 0 Å². The summed E-state index contributed by atoms with van der Waals surface area (Å²) in [6, 6.07) is 11.2. The standard InChI is InChI=1S/C14H10FN3O/c15-10-4-5-11-9(7-10)8-12(17-11)14(19)18-13-3-1-2-6-16-13/h1-8,17H,(H,16,18,19). The van der Waals surface area contributed by atoms with E-state index in [4.69, 9.17) is 0 Å². The first kappa shape index (κ1) is 11.4. The monoisotopic (exact) mass is 255 g/mol. The van der Waals surface area contributed by atoms with E-state index in [1.165, 1.54) is 12.1 Å². The zero-order chi connectivity index (χ0) is 13.2. The van der Waals surface area contributed by atoms with Crippen molar-refractivity contribution in [1.29, 1.82) is 0 Å². The molecule has 2 N–H and O–H groups in total. The van der Waals surface area contributed by atoms with Crippen LogP contribution in [0.3, 0.4) is 0 Å². The van der Waals surface area contributed by atoms with Crippen LogP contribution >= 0.6 is 0 Å². The van der Waals surface area contributed by atoms with E-state index in [1.807, 2.05) is 0 Å². The molecule has 0 radical (unpaired) electrons. The fraction of sp³-hybridized carbons (Fsp3) is 0. The minimum absolute atomic E-state index is 0.310. The second-order valence-corrected chi connectivity index (χ2v) is 4.08. The van der Waals surface area contributed by atoms with Crippen LogP contribution in [0.4, 0.5) is 10.2 Å². The minimum Gasteiger partial charge on any atom is -0.351 e. The zero-order valence-electron chi connectivity index (χ0n) is 9.85. The summed E-state index contributed by atoms with van der Waals surface area (Å²) in [5.41, 5.74) is 1.08. The van der Waals surface area contributed by atoms with E-state index in [0.717, 1.165) is 0 Å². The van der Waals surface area contributed by atoms with Crippen LogP contribution in [0.5, 0.6) is 0 Å². The van der Waals surface area contributed by atoms with Crippen LogP contribution < -0.4 is 5.32 Å². The summed E-state index contributed by atoms with van der Waals surface area (Å²) in [6.45, 7) is 0. The van der Waals surface area contributed by atoms with Gasteiger partial charge in [0, 0.05) is 17.1 Å². The molecule has 0 aliphatic rings. The lowest BCUT2D eigenvalue weighted by Gasteiger charge is -2.01. The Morgan fingerprint density at radius 2 is 2.11 bits per heavy atom. The van der Waals surface area contributed by atoms with E-state index in [9.17, 15) is 9.18 Å². The molecular formula is C14H10FN3O. The molecule has 0 aliphatic heterocycles. The van der Waals surface area contributed by atoms with E-state index in [0.29, 0.717) is 22.4 Å². The number of benzene rings is 1. The number of fused-ring (bicyclic) bond motifs is 1. The molecule has 5 heteroatoms. The number of carbonyl (C=O) groups is 1. The highest BCUT2D eigenvalue weighted by Crippen LogP contribution is 2.17. The third kappa shape index (κ3) is 2.30. The molecular weight excluding hydrogens is 245 g/mol. The summed E-state index contributed by atoms with van der Waals surface area (Å²) in [6.07, 6.45) is 1.59. The van der Waals surface area contributed by atoms with Crippen molar-refractivity contribution >= 4 is 22.6 Å². The lowest BCUT2D eigenvalue weighted by molar-refractivity contribution is 0.102. The molecule has 94 valence electrons. The van der Waals surface area contributed by atoms with E-state index in [1.54, 1.807) is 36.5 Å². The van der Waals surface area contributed by atoms with Crippen molar-refractivity contribution in [3.63, 3.8) is 0 Å². The number of halogens is 1. The van der Waals surface area contributed by atoms with Crippen LogP contribution in [-0.4, -0.2) is 15.9 Å². The molecule has 0 fully saturated rings. The number of hydrogen-bond donors (Lipinski definition) is 2. The van der Waals surface area contributed by atoms with Gasteiger partial charge in [0.25, 0.3) is 5.91 Å². The average molecular weight is 255 g/mol. The zero-order valence-corrected chi connectivity index (χ0v) is 9.85. The first-order valence-electron chi connectivity index (χ1n) is 5.73. The molecule has 4 nitrogen and oxygen atoms in total. The van der Waals surface area contributed by atoms with E-state index < -0.39 is 0 Å². The van der Waals surface area contributed by atoms with Gasteiger partial charge in [-0.1, -0.05) is 6.07 Å². The molecule has 3 aromatic rings. The van der Waals surface area contributed by atoms with Crippen LogP contribution in [0.25, 0.3) is 10.9 Å². The van der Waals surface area contributed by atoms with Crippen LogP contribution in [-0.2, 0) is 0 Å². The van der Waals surface area contributed by atoms with Crippen molar-refractivity contribution in [3.05, 3.63) is 60.2 Å². The quantitative estimate of drug-likeness (QED) is 0.739. The van der Waals surface area contributed by atoms with Crippen LogP contribution in [0.15, 0.2) is 48.7 Å². The molecule has 2 heterocycles. The molecule has 0 saturated carbocycles.